The Kier molecular flexibility index (Phi) is 8.33. The van der Waals surface area contributed by atoms with Gasteiger partial charge in [0.1, 0.15) is 0 Å². The number of hydrogen-bond acceptors (Lipinski definition) is 3. The Hall–Kier alpha value is -0.640. The average Bonchev–Trinajstić information content (AvgIpc) is 2.30. The van der Waals surface area contributed by atoms with Crippen molar-refractivity contribution >= 4 is 18.5 Å². The molecule has 1 unspecified atom stereocenters. The molecule has 1 atom stereocenters. The summed E-state index contributed by atoms with van der Waals surface area (Å²) in [7, 11) is 0. The third-order valence-corrected chi connectivity index (χ3v) is 2.59. The molecule has 0 spiro atoms. The topological polar surface area (TPSA) is 38.3 Å². The highest BCUT2D eigenvalue weighted by Crippen LogP contribution is 2.36. The fraction of sp³-hybridized carbons (Fsp3) is 0.900. The zero-order chi connectivity index (χ0) is 15.8. The number of unbranched alkanes of at least 4 members (excludes halogenated alkanes) is 3. The van der Waals surface area contributed by atoms with Gasteiger partial charge in [-0.3, -0.25) is 9.53 Å². The Morgan fingerprint density at radius 1 is 1.10 bits per heavy atom. The number of alkyl halides is 6. The minimum Gasteiger partial charge on any atom is -0.351 e. The number of rotatable bonds is 9. The third kappa shape index (κ3) is 6.21. The second kappa shape index (κ2) is 8.60. The molecule has 0 aliphatic heterocycles. The molecule has 1 amide bonds. The Morgan fingerprint density at radius 3 is 2.10 bits per heavy atom. The summed E-state index contributed by atoms with van der Waals surface area (Å²) < 4.78 is 76.6. The average molecular weight is 327 g/mol. The number of ether oxygens (including phenoxy) is 1. The van der Waals surface area contributed by atoms with Crippen LogP contribution in [0.15, 0.2) is 0 Å². The molecular formula is C10H15F6NO2S. The van der Waals surface area contributed by atoms with Crippen LogP contribution in [0.2, 0.25) is 0 Å². The summed E-state index contributed by atoms with van der Waals surface area (Å²) in [5.41, 5.74) is 0. The second-order valence-electron chi connectivity index (χ2n) is 3.87. The Balaban J connectivity index is 4.37. The van der Waals surface area contributed by atoms with Crippen LogP contribution in [0.1, 0.15) is 25.7 Å². The molecule has 0 aromatic rings. The smallest absolute Gasteiger partial charge is 0.351 e. The number of hydrogen-bond donors (Lipinski definition) is 2. The normalized spacial score (nSPS) is 15.2. The van der Waals surface area contributed by atoms with E-state index in [0.29, 0.717) is 18.6 Å². The summed E-state index contributed by atoms with van der Waals surface area (Å²) in [6.45, 7) is -4.33. The van der Waals surface area contributed by atoms with Crippen molar-refractivity contribution < 1.29 is 35.9 Å². The van der Waals surface area contributed by atoms with Crippen molar-refractivity contribution in [2.75, 3.05) is 12.3 Å². The molecule has 1 N–H and O–H groups in total. The van der Waals surface area contributed by atoms with Gasteiger partial charge in [0.2, 0.25) is 0 Å². The van der Waals surface area contributed by atoms with Crippen LogP contribution in [0, 0.1) is 0 Å². The fourth-order valence-corrected chi connectivity index (χ4v) is 1.50. The lowest BCUT2D eigenvalue weighted by molar-refractivity contribution is -0.356. The highest BCUT2D eigenvalue weighted by molar-refractivity contribution is 7.80. The monoisotopic (exact) mass is 327 g/mol. The van der Waals surface area contributed by atoms with Gasteiger partial charge in [-0.2, -0.15) is 39.0 Å². The number of carbonyl (C=O) groups excluding carboxylic acids is 1. The van der Waals surface area contributed by atoms with Crippen molar-refractivity contribution in [3.63, 3.8) is 0 Å². The van der Waals surface area contributed by atoms with Crippen LogP contribution in [0.25, 0.3) is 0 Å². The lowest BCUT2D eigenvalue weighted by Crippen LogP contribution is -2.56. The van der Waals surface area contributed by atoms with Gasteiger partial charge >= 0.3 is 18.6 Å². The molecule has 0 rings (SSSR count). The van der Waals surface area contributed by atoms with Gasteiger partial charge < -0.3 is 5.32 Å². The van der Waals surface area contributed by atoms with Crippen LogP contribution >= 0.6 is 12.6 Å². The largest absolute Gasteiger partial charge is 0.458 e. The van der Waals surface area contributed by atoms with Crippen LogP contribution in [0.5, 0.6) is 0 Å². The van der Waals surface area contributed by atoms with Gasteiger partial charge in [-0.25, -0.2) is 0 Å². The van der Waals surface area contributed by atoms with E-state index in [2.05, 4.69) is 17.4 Å². The Bertz CT molecular complexity index is 302. The molecule has 3 nitrogen and oxygen atoms in total. The molecule has 0 saturated carbocycles. The van der Waals surface area contributed by atoms with E-state index < -0.39 is 24.5 Å². The fourth-order valence-electron chi connectivity index (χ4n) is 1.28. The van der Waals surface area contributed by atoms with E-state index in [4.69, 9.17) is 0 Å². The number of thiol groups is 1. The molecule has 0 aromatic heterocycles. The second-order valence-corrected chi connectivity index (χ2v) is 4.31. The van der Waals surface area contributed by atoms with E-state index in [1.165, 1.54) is 0 Å². The van der Waals surface area contributed by atoms with E-state index in [9.17, 15) is 31.1 Å². The van der Waals surface area contributed by atoms with Crippen molar-refractivity contribution in [1.29, 1.82) is 0 Å². The first kappa shape index (κ1) is 19.4. The number of halogens is 6. The molecule has 10 heteroatoms. The van der Waals surface area contributed by atoms with Gasteiger partial charge in [0.25, 0.3) is 5.91 Å². The van der Waals surface area contributed by atoms with Crippen LogP contribution in [0.4, 0.5) is 26.3 Å². The molecule has 0 bridgehead atoms. The van der Waals surface area contributed by atoms with E-state index in [1.54, 1.807) is 5.32 Å². The van der Waals surface area contributed by atoms with Gasteiger partial charge in [0, 0.05) is 6.54 Å². The zero-order valence-corrected chi connectivity index (χ0v) is 11.2. The maximum atomic E-state index is 13.3. The Morgan fingerprint density at radius 2 is 1.65 bits per heavy atom. The summed E-state index contributed by atoms with van der Waals surface area (Å²) in [6, 6.07) is 0. The van der Waals surface area contributed by atoms with E-state index in [1.807, 2.05) is 0 Å². The van der Waals surface area contributed by atoms with E-state index >= 15 is 0 Å². The molecule has 120 valence electrons. The molecule has 0 aliphatic carbocycles. The van der Waals surface area contributed by atoms with Crippen molar-refractivity contribution in [2.24, 2.45) is 0 Å². The summed E-state index contributed by atoms with van der Waals surface area (Å²) in [6.07, 6.45) is -3.47. The molecular weight excluding hydrogens is 312 g/mol. The molecule has 0 saturated heterocycles. The predicted molar refractivity (Wildman–Crippen MR) is 62.3 cm³/mol. The molecule has 0 radical (unpaired) electrons. The first-order valence-corrected chi connectivity index (χ1v) is 6.39. The predicted octanol–water partition coefficient (Wildman–Crippen LogP) is 3.06. The number of amides is 1. The quantitative estimate of drug-likeness (QED) is 0.388. The minimum absolute atomic E-state index is 0.264. The lowest BCUT2D eigenvalue weighted by atomic mass is 10.2. The molecule has 20 heavy (non-hydrogen) atoms. The lowest BCUT2D eigenvalue weighted by Gasteiger charge is -2.26. The highest BCUT2D eigenvalue weighted by atomic mass is 32.1. The van der Waals surface area contributed by atoms with Gasteiger partial charge in [-0.15, -0.1) is 0 Å². The molecule has 0 aliphatic rings. The van der Waals surface area contributed by atoms with Crippen molar-refractivity contribution in [3.8, 4) is 0 Å². The molecule has 0 aromatic carbocycles. The van der Waals surface area contributed by atoms with Crippen molar-refractivity contribution in [3.05, 3.63) is 0 Å². The number of nitrogens with one attached hydrogen (secondary N) is 1. The van der Waals surface area contributed by atoms with Crippen LogP contribution < -0.4 is 5.32 Å². The van der Waals surface area contributed by atoms with Crippen LogP contribution in [-0.2, 0) is 9.53 Å². The molecule has 0 fully saturated rings. The summed E-state index contributed by atoms with van der Waals surface area (Å²) >= 11 is 3.95. The summed E-state index contributed by atoms with van der Waals surface area (Å²) in [5, 5.41) is 1.60. The van der Waals surface area contributed by atoms with Crippen LogP contribution in [-0.4, -0.2) is 36.8 Å². The van der Waals surface area contributed by atoms with Crippen LogP contribution in [0.3, 0.4) is 0 Å². The maximum absolute atomic E-state index is 13.3. The first-order chi connectivity index (χ1) is 9.15. The Labute approximate surface area is 117 Å². The van der Waals surface area contributed by atoms with Crippen molar-refractivity contribution in [2.45, 2.75) is 44.3 Å². The summed E-state index contributed by atoms with van der Waals surface area (Å²) in [5.74, 6) is -6.68. The highest BCUT2D eigenvalue weighted by Gasteiger charge is 2.65. The molecule has 0 heterocycles. The first-order valence-electron chi connectivity index (χ1n) is 5.76. The van der Waals surface area contributed by atoms with E-state index in [-0.39, 0.29) is 6.54 Å². The maximum Gasteiger partial charge on any atom is 0.458 e. The van der Waals surface area contributed by atoms with Gasteiger partial charge in [-0.1, -0.05) is 12.8 Å². The standard InChI is InChI=1S/C10H15F6NO2S/c11-8(12)19-9(13,10(14,15)16)7(18)17-5-3-1-2-4-6-20/h8,20H,1-6H2,(H,17,18). The third-order valence-electron chi connectivity index (χ3n) is 2.28. The van der Waals surface area contributed by atoms with Gasteiger partial charge in [-0.05, 0) is 18.6 Å². The zero-order valence-electron chi connectivity index (χ0n) is 10.4. The summed E-state index contributed by atoms with van der Waals surface area (Å²) in [4.78, 5) is 11.1. The minimum atomic E-state index is -5.89. The van der Waals surface area contributed by atoms with E-state index in [0.717, 1.165) is 12.8 Å². The number of carbonyl (C=O) groups is 1. The SMILES string of the molecule is O=C(NCCCCCCS)C(F)(OC(F)F)C(F)(F)F. The van der Waals surface area contributed by atoms with Gasteiger partial charge in [0.15, 0.2) is 0 Å². The van der Waals surface area contributed by atoms with Crippen molar-refractivity contribution in [1.82, 2.24) is 5.32 Å². The van der Waals surface area contributed by atoms with Gasteiger partial charge in [0.05, 0.1) is 0 Å².